The molecule has 6 rings (SSSR count). The lowest BCUT2D eigenvalue weighted by molar-refractivity contribution is -0.122. The number of fused-ring (bicyclic) bond motifs is 5. The summed E-state index contributed by atoms with van der Waals surface area (Å²) in [5, 5.41) is 1.13. The molecule has 3 aliphatic rings. The van der Waals surface area contributed by atoms with Crippen molar-refractivity contribution in [1.82, 2.24) is 0 Å². The summed E-state index contributed by atoms with van der Waals surface area (Å²) < 4.78 is 0. The van der Waals surface area contributed by atoms with Crippen LogP contribution in [0.3, 0.4) is 0 Å². The first-order valence-corrected chi connectivity index (χ1v) is 12.2. The van der Waals surface area contributed by atoms with E-state index in [1.165, 1.54) is 18.2 Å². The summed E-state index contributed by atoms with van der Waals surface area (Å²) in [7, 11) is 0. The summed E-state index contributed by atoms with van der Waals surface area (Å²) in [5.41, 5.74) is 2.47. The number of carbonyl (C=O) groups is 3. The van der Waals surface area contributed by atoms with Gasteiger partial charge in [0.2, 0.25) is 11.8 Å². The van der Waals surface area contributed by atoms with Crippen LogP contribution in [-0.2, 0) is 9.59 Å². The van der Waals surface area contributed by atoms with Crippen LogP contribution >= 0.6 is 34.8 Å². The Morgan fingerprint density at radius 1 is 0.771 bits per heavy atom. The van der Waals surface area contributed by atoms with Crippen LogP contribution in [0.1, 0.15) is 15.9 Å². The number of ketones is 1. The van der Waals surface area contributed by atoms with E-state index < -0.39 is 29.8 Å². The lowest BCUT2D eigenvalue weighted by atomic mass is 9.86. The number of nitrogens with zero attached hydrogens (tertiary/aromatic N) is 2. The zero-order valence-electron chi connectivity index (χ0n) is 18.1. The van der Waals surface area contributed by atoms with Crippen molar-refractivity contribution in [2.75, 3.05) is 9.80 Å². The highest BCUT2D eigenvalue weighted by Crippen LogP contribution is 2.50. The van der Waals surface area contributed by atoms with Crippen LogP contribution in [0.25, 0.3) is 6.08 Å². The lowest BCUT2D eigenvalue weighted by Crippen LogP contribution is -2.48. The number of halogens is 3. The Balaban J connectivity index is 1.50. The van der Waals surface area contributed by atoms with Crippen molar-refractivity contribution >= 4 is 69.9 Å². The number of para-hydroxylation sites is 1. The molecule has 0 N–H and O–H groups in total. The highest BCUT2D eigenvalue weighted by molar-refractivity contribution is 6.36. The third kappa shape index (κ3) is 3.41. The molecule has 0 bridgehead atoms. The van der Waals surface area contributed by atoms with Gasteiger partial charge in [-0.15, -0.1) is 0 Å². The number of rotatable bonds is 3. The Labute approximate surface area is 216 Å². The summed E-state index contributed by atoms with van der Waals surface area (Å²) in [5.74, 6) is -2.65. The van der Waals surface area contributed by atoms with E-state index in [0.29, 0.717) is 26.3 Å². The van der Waals surface area contributed by atoms with Gasteiger partial charge in [0.05, 0.1) is 23.6 Å². The van der Waals surface area contributed by atoms with Crippen molar-refractivity contribution in [3.63, 3.8) is 0 Å². The monoisotopic (exact) mass is 522 g/mol. The highest BCUT2D eigenvalue weighted by atomic mass is 35.5. The van der Waals surface area contributed by atoms with Crippen molar-refractivity contribution in [2.24, 2.45) is 11.8 Å². The minimum Gasteiger partial charge on any atom is -0.352 e. The number of hydrogen-bond donors (Lipinski definition) is 0. The molecule has 3 aliphatic heterocycles. The van der Waals surface area contributed by atoms with Gasteiger partial charge in [-0.25, -0.2) is 4.90 Å². The third-order valence-electron chi connectivity index (χ3n) is 6.92. The van der Waals surface area contributed by atoms with E-state index in [-0.39, 0.29) is 11.7 Å². The molecule has 35 heavy (non-hydrogen) atoms. The predicted molar refractivity (Wildman–Crippen MR) is 137 cm³/mol. The maximum absolute atomic E-state index is 13.9. The van der Waals surface area contributed by atoms with E-state index in [2.05, 4.69) is 0 Å². The number of imide groups is 1. The van der Waals surface area contributed by atoms with Crippen molar-refractivity contribution in [1.29, 1.82) is 0 Å². The van der Waals surface area contributed by atoms with Gasteiger partial charge in [-0.3, -0.25) is 14.4 Å². The van der Waals surface area contributed by atoms with Crippen molar-refractivity contribution < 1.29 is 14.4 Å². The fourth-order valence-electron chi connectivity index (χ4n) is 5.52. The summed E-state index contributed by atoms with van der Waals surface area (Å²) in [6.45, 7) is 0. The highest BCUT2D eigenvalue weighted by Gasteiger charge is 2.64. The average molecular weight is 524 g/mol. The van der Waals surface area contributed by atoms with Crippen LogP contribution in [0.4, 0.5) is 11.4 Å². The number of hydrogen-bond acceptors (Lipinski definition) is 4. The molecular weight excluding hydrogens is 507 g/mol. The minimum absolute atomic E-state index is 0.239. The standard InChI is InChI=1S/C27H17Cl3N2O3/c28-16-8-5-15(6-9-16)25(33)24-23-22(21-10-7-14-3-1-2-4-20(14)32(21)24)26(34)31(27(23)35)19-12-17(29)11-18(30)13-19/h1-13,21-24H. The topological polar surface area (TPSA) is 57.7 Å². The van der Waals surface area contributed by atoms with E-state index in [4.69, 9.17) is 34.8 Å². The quantitative estimate of drug-likeness (QED) is 0.316. The molecule has 174 valence electrons. The van der Waals surface area contributed by atoms with Gasteiger partial charge in [-0.1, -0.05) is 65.2 Å². The molecule has 2 amide bonds. The van der Waals surface area contributed by atoms with Crippen molar-refractivity contribution in [2.45, 2.75) is 12.1 Å². The molecule has 0 saturated carbocycles. The van der Waals surface area contributed by atoms with E-state index >= 15 is 0 Å². The first-order valence-electron chi connectivity index (χ1n) is 11.0. The van der Waals surface area contributed by atoms with Crippen LogP contribution in [0.15, 0.2) is 72.8 Å². The zero-order chi connectivity index (χ0) is 24.4. The van der Waals surface area contributed by atoms with Gasteiger partial charge in [0.15, 0.2) is 5.78 Å². The van der Waals surface area contributed by atoms with Crippen LogP contribution < -0.4 is 9.80 Å². The second-order valence-electron chi connectivity index (χ2n) is 8.82. The Hall–Kier alpha value is -3.12. The largest absolute Gasteiger partial charge is 0.352 e. The van der Waals surface area contributed by atoms with Crippen molar-refractivity contribution in [3.8, 4) is 0 Å². The number of anilines is 2. The predicted octanol–water partition coefficient (Wildman–Crippen LogP) is 5.92. The molecule has 3 heterocycles. The molecular formula is C27H17Cl3N2O3. The van der Waals surface area contributed by atoms with E-state index in [9.17, 15) is 14.4 Å². The summed E-state index contributed by atoms with van der Waals surface area (Å²) in [6.07, 6.45) is 3.86. The second kappa shape index (κ2) is 8.23. The normalized spacial score (nSPS) is 24.4. The van der Waals surface area contributed by atoms with Crippen LogP contribution in [0, 0.1) is 11.8 Å². The molecule has 5 nitrogen and oxygen atoms in total. The van der Waals surface area contributed by atoms with E-state index in [1.54, 1.807) is 24.3 Å². The summed E-state index contributed by atoms with van der Waals surface area (Å²) >= 11 is 18.4. The first kappa shape index (κ1) is 22.4. The van der Waals surface area contributed by atoms with Crippen LogP contribution in [0.5, 0.6) is 0 Å². The Kier molecular flexibility index (Phi) is 5.26. The van der Waals surface area contributed by atoms with Crippen LogP contribution in [-0.4, -0.2) is 29.7 Å². The molecule has 3 aromatic rings. The molecule has 2 saturated heterocycles. The fourth-order valence-corrected chi connectivity index (χ4v) is 6.16. The van der Waals surface area contributed by atoms with Gasteiger partial charge in [0, 0.05) is 26.3 Å². The number of amides is 2. The molecule has 0 aliphatic carbocycles. The Morgan fingerprint density at radius 2 is 1.43 bits per heavy atom. The number of carbonyl (C=O) groups excluding carboxylic acids is 3. The molecule has 0 spiro atoms. The number of benzene rings is 3. The first-order chi connectivity index (χ1) is 16.8. The van der Waals surface area contributed by atoms with Gasteiger partial charge < -0.3 is 4.90 Å². The zero-order valence-corrected chi connectivity index (χ0v) is 20.3. The molecule has 0 aromatic heterocycles. The molecule has 0 radical (unpaired) electrons. The second-order valence-corrected chi connectivity index (χ2v) is 10.1. The van der Waals surface area contributed by atoms with Crippen LogP contribution in [0.2, 0.25) is 15.1 Å². The van der Waals surface area contributed by atoms with Gasteiger partial charge in [0.1, 0.15) is 6.04 Å². The smallest absolute Gasteiger partial charge is 0.240 e. The molecule has 4 atom stereocenters. The minimum atomic E-state index is -0.871. The van der Waals surface area contributed by atoms with E-state index in [0.717, 1.165) is 16.2 Å². The van der Waals surface area contributed by atoms with E-state index in [1.807, 2.05) is 41.3 Å². The Morgan fingerprint density at radius 3 is 2.14 bits per heavy atom. The summed E-state index contributed by atoms with van der Waals surface area (Å²) in [4.78, 5) is 44.6. The molecule has 8 heteroatoms. The fraction of sp³-hybridized carbons (Fsp3) is 0.148. The van der Waals surface area contributed by atoms with Gasteiger partial charge >= 0.3 is 0 Å². The van der Waals surface area contributed by atoms with Crippen molar-refractivity contribution in [3.05, 3.63) is 99.0 Å². The average Bonchev–Trinajstić information content (AvgIpc) is 3.31. The SMILES string of the molecule is O=C(c1ccc(Cl)cc1)C1C2C(=O)N(c3cc(Cl)cc(Cl)c3)C(=O)C2C2C=Cc3ccccc3N21. The third-order valence-corrected chi connectivity index (χ3v) is 7.61. The molecule has 4 unspecified atom stereocenters. The summed E-state index contributed by atoms with van der Waals surface area (Å²) in [6, 6.07) is 17.5. The maximum Gasteiger partial charge on any atom is 0.240 e. The van der Waals surface area contributed by atoms with Gasteiger partial charge in [-0.05, 0) is 54.1 Å². The number of Topliss-reactive ketones (excluding diaryl/α,β-unsaturated/α-hetero) is 1. The Bertz CT molecular complexity index is 1420. The lowest BCUT2D eigenvalue weighted by Gasteiger charge is -2.36. The molecule has 2 fully saturated rings. The van der Waals surface area contributed by atoms with Gasteiger partial charge in [-0.2, -0.15) is 0 Å². The maximum atomic E-state index is 13.9. The molecule has 3 aromatic carbocycles. The van der Waals surface area contributed by atoms with Gasteiger partial charge in [0.25, 0.3) is 0 Å².